The van der Waals surface area contributed by atoms with Crippen LogP contribution in [0.2, 0.25) is 0 Å². The van der Waals surface area contributed by atoms with Gasteiger partial charge < -0.3 is 10.1 Å². The van der Waals surface area contributed by atoms with E-state index in [1.165, 1.54) is 16.3 Å². The van der Waals surface area contributed by atoms with E-state index < -0.39 is 0 Å². The summed E-state index contributed by atoms with van der Waals surface area (Å²) in [5.41, 5.74) is 1.31. The number of ether oxygens (including phenoxy) is 1. The summed E-state index contributed by atoms with van der Waals surface area (Å²) in [6.45, 7) is 3.02. The number of morpholine rings is 1. The van der Waals surface area contributed by atoms with E-state index in [4.69, 9.17) is 4.74 Å². The van der Waals surface area contributed by atoms with Gasteiger partial charge in [-0.05, 0) is 29.2 Å². The van der Waals surface area contributed by atoms with Crippen molar-refractivity contribution in [3.05, 3.63) is 48.0 Å². The minimum absolute atomic E-state index is 0.0510. The zero-order valence-electron chi connectivity index (χ0n) is 13.2. The van der Waals surface area contributed by atoms with E-state index in [-0.39, 0.29) is 12.0 Å². The van der Waals surface area contributed by atoms with Crippen molar-refractivity contribution in [1.29, 1.82) is 0 Å². The fourth-order valence-electron chi connectivity index (χ4n) is 3.20. The smallest absolute Gasteiger partial charge is 0.250 e. The average Bonchev–Trinajstić information content (AvgIpc) is 3.39. The van der Waals surface area contributed by atoms with Gasteiger partial charge in [0, 0.05) is 25.7 Å². The van der Waals surface area contributed by atoms with Crippen LogP contribution in [0.3, 0.4) is 0 Å². The molecule has 1 heterocycles. The van der Waals surface area contributed by atoms with Gasteiger partial charge in [-0.1, -0.05) is 42.5 Å². The molecule has 0 spiro atoms. The number of carbonyl (C=O) groups is 1. The summed E-state index contributed by atoms with van der Waals surface area (Å²) in [6.07, 6.45) is 1.88. The van der Waals surface area contributed by atoms with Gasteiger partial charge in [0.2, 0.25) is 0 Å². The van der Waals surface area contributed by atoms with Gasteiger partial charge >= 0.3 is 0 Å². The fourth-order valence-corrected chi connectivity index (χ4v) is 3.20. The van der Waals surface area contributed by atoms with Gasteiger partial charge in [-0.15, -0.1) is 0 Å². The number of nitrogens with zero attached hydrogens (tertiary/aromatic N) is 1. The maximum Gasteiger partial charge on any atom is 0.250 e. The van der Waals surface area contributed by atoms with Gasteiger partial charge in [0.05, 0.1) is 6.61 Å². The first kappa shape index (κ1) is 14.7. The number of amides is 1. The summed E-state index contributed by atoms with van der Waals surface area (Å²) >= 11 is 0. The molecule has 0 aromatic heterocycles. The molecule has 0 bridgehead atoms. The Morgan fingerprint density at radius 3 is 2.87 bits per heavy atom. The molecule has 120 valence electrons. The topological polar surface area (TPSA) is 41.6 Å². The molecule has 1 amide bonds. The van der Waals surface area contributed by atoms with Crippen LogP contribution < -0.4 is 5.32 Å². The van der Waals surface area contributed by atoms with E-state index in [2.05, 4.69) is 52.7 Å². The van der Waals surface area contributed by atoms with Crippen LogP contribution in [0.1, 0.15) is 18.4 Å². The molecule has 1 aliphatic carbocycles. The first-order chi connectivity index (χ1) is 11.3. The zero-order chi connectivity index (χ0) is 15.6. The molecule has 1 saturated carbocycles. The van der Waals surface area contributed by atoms with Gasteiger partial charge in [0.15, 0.2) is 0 Å². The third-order valence-corrected chi connectivity index (χ3v) is 4.64. The summed E-state index contributed by atoms with van der Waals surface area (Å²) < 4.78 is 5.67. The van der Waals surface area contributed by atoms with Gasteiger partial charge in [0.25, 0.3) is 5.91 Å². The van der Waals surface area contributed by atoms with Crippen molar-refractivity contribution in [3.8, 4) is 0 Å². The van der Waals surface area contributed by atoms with Crippen LogP contribution in [0.4, 0.5) is 0 Å². The molecule has 0 radical (unpaired) electrons. The third kappa shape index (κ3) is 3.38. The number of nitrogens with one attached hydrogen (secondary N) is 1. The van der Waals surface area contributed by atoms with Crippen LogP contribution in [-0.4, -0.2) is 42.6 Å². The van der Waals surface area contributed by atoms with Crippen molar-refractivity contribution in [2.24, 2.45) is 0 Å². The molecule has 23 heavy (non-hydrogen) atoms. The molecule has 4 nitrogen and oxygen atoms in total. The molecule has 4 rings (SSSR count). The van der Waals surface area contributed by atoms with Crippen LogP contribution in [0.25, 0.3) is 10.8 Å². The molecule has 4 heteroatoms. The SMILES string of the molecule is O=C(NC1CC1)C1CN(Cc2cccc3ccccc23)CCO1. The van der Waals surface area contributed by atoms with Crippen LogP contribution in [0.5, 0.6) is 0 Å². The quantitative estimate of drug-likeness (QED) is 0.942. The first-order valence-electron chi connectivity index (χ1n) is 8.40. The number of hydrogen-bond acceptors (Lipinski definition) is 3. The number of benzene rings is 2. The minimum Gasteiger partial charge on any atom is -0.366 e. The molecule has 1 aliphatic heterocycles. The molecular formula is C19H22N2O2. The van der Waals surface area contributed by atoms with Crippen LogP contribution >= 0.6 is 0 Å². The number of rotatable bonds is 4. The number of hydrogen-bond donors (Lipinski definition) is 1. The largest absolute Gasteiger partial charge is 0.366 e. The molecule has 2 fully saturated rings. The highest BCUT2D eigenvalue weighted by molar-refractivity contribution is 5.85. The Kier molecular flexibility index (Phi) is 4.02. The standard InChI is InChI=1S/C19H22N2O2/c22-19(20-16-8-9-16)18-13-21(10-11-23-18)12-15-6-3-5-14-4-1-2-7-17(14)15/h1-7,16,18H,8-13H2,(H,20,22). The van der Waals surface area contributed by atoms with Crippen molar-refractivity contribution >= 4 is 16.7 Å². The molecule has 1 N–H and O–H groups in total. The van der Waals surface area contributed by atoms with E-state index in [1.807, 2.05) is 0 Å². The number of fused-ring (bicyclic) bond motifs is 1. The lowest BCUT2D eigenvalue weighted by atomic mass is 10.0. The molecule has 2 aliphatic rings. The zero-order valence-corrected chi connectivity index (χ0v) is 13.2. The first-order valence-corrected chi connectivity index (χ1v) is 8.40. The maximum absolute atomic E-state index is 12.2. The Labute approximate surface area is 136 Å². The van der Waals surface area contributed by atoms with Crippen molar-refractivity contribution in [2.45, 2.75) is 31.5 Å². The fraction of sp³-hybridized carbons (Fsp3) is 0.421. The molecule has 2 aromatic carbocycles. The summed E-state index contributed by atoms with van der Waals surface area (Å²) in [5.74, 6) is 0.0510. The summed E-state index contributed by atoms with van der Waals surface area (Å²) in [5, 5.41) is 5.60. The predicted octanol–water partition coefficient (Wildman–Crippen LogP) is 2.32. The molecule has 1 saturated heterocycles. The Bertz CT molecular complexity index is 706. The molecular weight excluding hydrogens is 288 g/mol. The molecule has 2 aromatic rings. The van der Waals surface area contributed by atoms with Crippen molar-refractivity contribution in [3.63, 3.8) is 0 Å². The normalized spacial score (nSPS) is 22.2. The monoisotopic (exact) mass is 310 g/mol. The van der Waals surface area contributed by atoms with Gasteiger partial charge in [-0.3, -0.25) is 9.69 Å². The summed E-state index contributed by atoms with van der Waals surface area (Å²) in [4.78, 5) is 14.5. The summed E-state index contributed by atoms with van der Waals surface area (Å²) in [6, 6.07) is 15.3. The Balaban J connectivity index is 1.46. The Hall–Kier alpha value is -1.91. The lowest BCUT2D eigenvalue weighted by molar-refractivity contribution is -0.138. The third-order valence-electron chi connectivity index (χ3n) is 4.64. The predicted molar refractivity (Wildman–Crippen MR) is 90.1 cm³/mol. The number of carbonyl (C=O) groups excluding carboxylic acids is 1. The van der Waals surface area contributed by atoms with E-state index in [9.17, 15) is 4.79 Å². The Morgan fingerprint density at radius 1 is 1.17 bits per heavy atom. The lowest BCUT2D eigenvalue weighted by Crippen LogP contribution is -2.49. The van der Waals surface area contributed by atoms with Crippen LogP contribution in [-0.2, 0) is 16.1 Å². The van der Waals surface area contributed by atoms with E-state index in [0.717, 1.165) is 25.9 Å². The summed E-state index contributed by atoms with van der Waals surface area (Å²) in [7, 11) is 0. The average molecular weight is 310 g/mol. The second-order valence-electron chi connectivity index (χ2n) is 6.52. The van der Waals surface area contributed by atoms with Crippen molar-refractivity contribution in [2.75, 3.05) is 19.7 Å². The van der Waals surface area contributed by atoms with Gasteiger partial charge in [-0.2, -0.15) is 0 Å². The van der Waals surface area contributed by atoms with Crippen LogP contribution in [0.15, 0.2) is 42.5 Å². The highest BCUT2D eigenvalue weighted by Gasteiger charge is 2.31. The second-order valence-corrected chi connectivity index (χ2v) is 6.52. The van der Waals surface area contributed by atoms with Crippen LogP contribution in [0, 0.1) is 0 Å². The van der Waals surface area contributed by atoms with Gasteiger partial charge in [-0.25, -0.2) is 0 Å². The highest BCUT2D eigenvalue weighted by atomic mass is 16.5. The maximum atomic E-state index is 12.2. The molecule has 1 atom stereocenters. The van der Waals surface area contributed by atoms with E-state index >= 15 is 0 Å². The second kappa shape index (κ2) is 6.30. The minimum atomic E-state index is -0.334. The molecule has 1 unspecified atom stereocenters. The highest BCUT2D eigenvalue weighted by Crippen LogP contribution is 2.22. The van der Waals surface area contributed by atoms with Gasteiger partial charge in [0.1, 0.15) is 6.10 Å². The van der Waals surface area contributed by atoms with E-state index in [0.29, 0.717) is 19.2 Å². The lowest BCUT2D eigenvalue weighted by Gasteiger charge is -2.32. The Morgan fingerprint density at radius 2 is 2.00 bits per heavy atom. The van der Waals surface area contributed by atoms with Crippen molar-refractivity contribution < 1.29 is 9.53 Å². The van der Waals surface area contributed by atoms with Crippen molar-refractivity contribution in [1.82, 2.24) is 10.2 Å². The van der Waals surface area contributed by atoms with E-state index in [1.54, 1.807) is 0 Å².